The molecule has 7 aromatic rings. The molecule has 1 aliphatic carbocycles. The SMILES string of the molecule is C=C1/C=C\C=C/COC2=C(c3ccc4c5ccccc5n(-c5ccc(/C=N/C(NC(=N)c6cccc(-c7ccccc7)c6)c6ccccc6)cc5)c4c3)C(C)CC=C12. The van der Waals surface area contributed by atoms with Crippen molar-refractivity contribution in [1.82, 2.24) is 9.88 Å². The highest BCUT2D eigenvalue weighted by Gasteiger charge is 2.26. The van der Waals surface area contributed by atoms with Crippen LogP contribution in [0, 0.1) is 11.3 Å². The van der Waals surface area contributed by atoms with Gasteiger partial charge in [0.2, 0.25) is 0 Å². The first kappa shape index (κ1) is 36.4. The van der Waals surface area contributed by atoms with E-state index < -0.39 is 6.17 Å². The number of para-hydroxylation sites is 1. The first-order valence-corrected chi connectivity index (χ1v) is 19.8. The van der Waals surface area contributed by atoms with Gasteiger partial charge in [0.15, 0.2) is 0 Å². The highest BCUT2D eigenvalue weighted by Crippen LogP contribution is 2.42. The van der Waals surface area contributed by atoms with Crippen molar-refractivity contribution in [2.45, 2.75) is 19.5 Å². The van der Waals surface area contributed by atoms with Crippen molar-refractivity contribution in [1.29, 1.82) is 5.41 Å². The van der Waals surface area contributed by atoms with Gasteiger partial charge in [-0.15, -0.1) is 0 Å². The van der Waals surface area contributed by atoms with Gasteiger partial charge in [0, 0.05) is 39.4 Å². The van der Waals surface area contributed by atoms with E-state index >= 15 is 0 Å². The summed E-state index contributed by atoms with van der Waals surface area (Å²) in [6.45, 7) is 7.17. The van der Waals surface area contributed by atoms with Crippen LogP contribution in [0.4, 0.5) is 0 Å². The zero-order valence-electron chi connectivity index (χ0n) is 32.5. The quantitative estimate of drug-likeness (QED) is 0.120. The highest BCUT2D eigenvalue weighted by atomic mass is 16.5. The number of benzene rings is 6. The molecule has 2 unspecified atom stereocenters. The maximum absolute atomic E-state index is 9.05. The molecule has 0 bridgehead atoms. The van der Waals surface area contributed by atoms with Crippen molar-refractivity contribution in [3.8, 4) is 16.8 Å². The lowest BCUT2D eigenvalue weighted by atomic mass is 9.82. The fourth-order valence-corrected chi connectivity index (χ4v) is 8.08. The van der Waals surface area contributed by atoms with Crippen LogP contribution in [0.5, 0.6) is 0 Å². The van der Waals surface area contributed by atoms with E-state index in [9.17, 15) is 0 Å². The smallest absolute Gasteiger partial charge is 0.145 e. The van der Waals surface area contributed by atoms with Gasteiger partial charge in [-0.2, -0.15) is 0 Å². The number of fused-ring (bicyclic) bond motifs is 4. The van der Waals surface area contributed by atoms with Gasteiger partial charge in [0.1, 0.15) is 24.4 Å². The molecule has 2 heterocycles. The fraction of sp³-hybridized carbons (Fsp3) is 0.0943. The molecule has 2 aliphatic rings. The average molecular weight is 753 g/mol. The number of amidine groups is 1. The Kier molecular flexibility index (Phi) is 10.1. The average Bonchev–Trinajstić information content (AvgIpc) is 3.64. The second-order valence-electron chi connectivity index (χ2n) is 14.9. The largest absolute Gasteiger partial charge is 0.489 e. The Labute approximate surface area is 339 Å². The highest BCUT2D eigenvalue weighted by molar-refractivity contribution is 6.10. The first-order chi connectivity index (χ1) is 28.5. The van der Waals surface area contributed by atoms with Gasteiger partial charge in [0.05, 0.1) is 11.0 Å². The van der Waals surface area contributed by atoms with E-state index in [2.05, 4.69) is 120 Å². The molecule has 5 nitrogen and oxygen atoms in total. The van der Waals surface area contributed by atoms with Crippen molar-refractivity contribution in [2.24, 2.45) is 10.9 Å². The molecule has 0 amide bonds. The molecular weight excluding hydrogens is 709 g/mol. The minimum Gasteiger partial charge on any atom is -0.489 e. The molecule has 2 atom stereocenters. The van der Waals surface area contributed by atoms with Gasteiger partial charge in [-0.3, -0.25) is 10.4 Å². The Morgan fingerprint density at radius 1 is 0.776 bits per heavy atom. The lowest BCUT2D eigenvalue weighted by Crippen LogP contribution is -2.27. The Morgan fingerprint density at radius 2 is 1.52 bits per heavy atom. The topological polar surface area (TPSA) is 62.4 Å². The Balaban J connectivity index is 1.04. The van der Waals surface area contributed by atoms with Gasteiger partial charge in [-0.05, 0) is 82.1 Å². The fourth-order valence-electron chi connectivity index (χ4n) is 8.08. The maximum atomic E-state index is 9.05. The second-order valence-corrected chi connectivity index (χ2v) is 14.9. The van der Waals surface area contributed by atoms with Crippen LogP contribution in [-0.2, 0) is 4.74 Å². The summed E-state index contributed by atoms with van der Waals surface area (Å²) in [7, 11) is 0. The number of ether oxygens (including phenoxy) is 1. The van der Waals surface area contributed by atoms with E-state index in [1.54, 1.807) is 0 Å². The third kappa shape index (κ3) is 7.26. The molecule has 9 rings (SSSR count). The second kappa shape index (κ2) is 16.1. The summed E-state index contributed by atoms with van der Waals surface area (Å²) in [6, 6.07) is 52.4. The van der Waals surface area contributed by atoms with E-state index in [0.29, 0.717) is 12.4 Å². The third-order valence-corrected chi connectivity index (χ3v) is 11.0. The van der Waals surface area contributed by atoms with Crippen LogP contribution in [0.25, 0.3) is 44.2 Å². The summed E-state index contributed by atoms with van der Waals surface area (Å²) < 4.78 is 8.85. The minimum absolute atomic E-state index is 0.284. The molecule has 6 aromatic carbocycles. The number of nitrogens with zero attached hydrogens (tertiary/aromatic N) is 2. The number of aromatic nitrogens is 1. The van der Waals surface area contributed by atoms with E-state index in [1.807, 2.05) is 91.2 Å². The van der Waals surface area contributed by atoms with Crippen molar-refractivity contribution in [3.63, 3.8) is 0 Å². The van der Waals surface area contributed by atoms with Crippen LogP contribution < -0.4 is 5.32 Å². The standard InChI is InChI=1S/C53H44N4O/c1-36-15-6-5-13-32-58-51-45(36)30-24-37(2)50(51)42-27-31-47-46-22-11-12-23-48(46)57(49(47)34-42)44-28-25-38(26-29-44)35-55-53(40-18-9-4-10-19-40)56-52(54)43-21-14-20-41(33-43)39-16-7-3-8-17-39/h3-23,25-31,33-35,37,53H,1,24,32H2,2H3,(H2,54,56)/b13-5-,15-6-,55-35+. The van der Waals surface area contributed by atoms with Crippen LogP contribution >= 0.6 is 0 Å². The van der Waals surface area contributed by atoms with Gasteiger partial charge >= 0.3 is 0 Å². The molecule has 5 heteroatoms. The molecule has 0 saturated carbocycles. The summed E-state index contributed by atoms with van der Waals surface area (Å²) in [5.74, 6) is 1.52. The van der Waals surface area contributed by atoms with Gasteiger partial charge in [0.25, 0.3) is 0 Å². The third-order valence-electron chi connectivity index (χ3n) is 11.0. The molecule has 0 spiro atoms. The lowest BCUT2D eigenvalue weighted by molar-refractivity contribution is 0.255. The Bertz CT molecular complexity index is 2820. The molecule has 282 valence electrons. The van der Waals surface area contributed by atoms with E-state index in [4.69, 9.17) is 15.1 Å². The summed E-state index contributed by atoms with van der Waals surface area (Å²) >= 11 is 0. The summed E-state index contributed by atoms with van der Waals surface area (Å²) in [5, 5.41) is 14.9. The normalized spacial score (nSPS) is 17.2. The van der Waals surface area contributed by atoms with Gasteiger partial charge in [-0.1, -0.05) is 159 Å². The molecule has 0 radical (unpaired) electrons. The van der Waals surface area contributed by atoms with Crippen LogP contribution in [0.1, 0.15) is 41.8 Å². The zero-order valence-corrected chi connectivity index (χ0v) is 32.5. The molecular formula is C53H44N4O. The summed E-state index contributed by atoms with van der Waals surface area (Å²) in [5.41, 5.74) is 12.7. The van der Waals surface area contributed by atoms with Crippen molar-refractivity contribution < 1.29 is 4.74 Å². The predicted molar refractivity (Wildman–Crippen MR) is 242 cm³/mol. The van der Waals surface area contributed by atoms with Crippen LogP contribution in [0.15, 0.2) is 211 Å². The van der Waals surface area contributed by atoms with Crippen molar-refractivity contribution in [2.75, 3.05) is 6.61 Å². The number of hydrogen-bond donors (Lipinski definition) is 2. The van der Waals surface area contributed by atoms with Crippen LogP contribution in [-0.4, -0.2) is 23.2 Å². The van der Waals surface area contributed by atoms with E-state index in [-0.39, 0.29) is 5.92 Å². The van der Waals surface area contributed by atoms with Crippen molar-refractivity contribution in [3.05, 3.63) is 228 Å². The summed E-state index contributed by atoms with van der Waals surface area (Å²) in [4.78, 5) is 5.01. The minimum atomic E-state index is -0.451. The number of rotatable bonds is 8. The molecule has 1 aromatic heterocycles. The monoisotopic (exact) mass is 752 g/mol. The molecule has 58 heavy (non-hydrogen) atoms. The number of nitrogens with one attached hydrogen (secondary N) is 2. The number of hydrogen-bond acceptors (Lipinski definition) is 3. The van der Waals surface area contributed by atoms with Crippen LogP contribution in [0.3, 0.4) is 0 Å². The number of allylic oxidation sites excluding steroid dienone is 6. The molecule has 2 N–H and O–H groups in total. The van der Waals surface area contributed by atoms with Crippen molar-refractivity contribution >= 4 is 39.4 Å². The predicted octanol–water partition coefficient (Wildman–Crippen LogP) is 12.6. The maximum Gasteiger partial charge on any atom is 0.145 e. The first-order valence-electron chi connectivity index (χ1n) is 19.8. The molecule has 0 fully saturated rings. The lowest BCUT2D eigenvalue weighted by Gasteiger charge is -2.27. The zero-order chi connectivity index (χ0) is 39.4. The van der Waals surface area contributed by atoms with E-state index in [0.717, 1.165) is 73.4 Å². The summed E-state index contributed by atoms with van der Waals surface area (Å²) in [6.07, 6.45) is 12.8. The van der Waals surface area contributed by atoms with Gasteiger partial charge < -0.3 is 14.6 Å². The Hall–Kier alpha value is -7.24. The number of aliphatic imine (C=N–C) groups is 1. The molecule has 1 aliphatic heterocycles. The van der Waals surface area contributed by atoms with E-state index in [1.165, 1.54) is 16.3 Å². The van der Waals surface area contributed by atoms with Gasteiger partial charge in [-0.25, -0.2) is 0 Å². The van der Waals surface area contributed by atoms with Crippen LogP contribution in [0.2, 0.25) is 0 Å². The molecule has 0 saturated heterocycles. The Morgan fingerprint density at radius 3 is 2.34 bits per heavy atom.